The molecule has 1 N–H and O–H groups in total. The summed E-state index contributed by atoms with van der Waals surface area (Å²) < 4.78 is 18.2. The quantitative estimate of drug-likeness (QED) is 0.733. The van der Waals surface area contributed by atoms with Crippen LogP contribution in [0.4, 0.5) is 4.39 Å². The molecule has 0 saturated carbocycles. The molecule has 7 nitrogen and oxygen atoms in total. The van der Waals surface area contributed by atoms with Gasteiger partial charge in [0.15, 0.2) is 0 Å². The van der Waals surface area contributed by atoms with E-state index in [0.29, 0.717) is 25.2 Å². The molecule has 1 saturated heterocycles. The van der Waals surface area contributed by atoms with Crippen molar-refractivity contribution in [2.45, 2.75) is 19.0 Å². The van der Waals surface area contributed by atoms with Gasteiger partial charge in [0.1, 0.15) is 12.4 Å². The molecule has 0 bridgehead atoms. The number of hydrogen-bond acceptors (Lipinski definition) is 5. The monoisotopic (exact) mass is 385 g/mol. The molecule has 0 radical (unpaired) electrons. The number of carbonyl (C=O) groups excluding carboxylic acids is 3. The van der Waals surface area contributed by atoms with Crippen molar-refractivity contribution in [2.24, 2.45) is 0 Å². The lowest BCUT2D eigenvalue weighted by atomic mass is 10.1. The molecule has 26 heavy (non-hydrogen) atoms. The zero-order chi connectivity index (χ0) is 19.3. The first-order valence-electron chi connectivity index (χ1n) is 8.08. The van der Waals surface area contributed by atoms with Gasteiger partial charge in [-0.2, -0.15) is 0 Å². The van der Waals surface area contributed by atoms with Gasteiger partial charge in [-0.3, -0.25) is 19.3 Å². The predicted octanol–water partition coefficient (Wildman–Crippen LogP) is 0.801. The van der Waals surface area contributed by atoms with Crippen LogP contribution < -0.4 is 5.32 Å². The first-order chi connectivity index (χ1) is 12.3. The van der Waals surface area contributed by atoms with Crippen LogP contribution in [0.2, 0.25) is 5.02 Å². The average Bonchev–Trinajstić information content (AvgIpc) is 2.60. The van der Waals surface area contributed by atoms with E-state index >= 15 is 0 Å². The van der Waals surface area contributed by atoms with Gasteiger partial charge in [0.25, 0.3) is 0 Å². The summed E-state index contributed by atoms with van der Waals surface area (Å²) in [4.78, 5) is 38.9. The van der Waals surface area contributed by atoms with Crippen molar-refractivity contribution in [3.63, 3.8) is 0 Å². The smallest absolute Gasteiger partial charge is 0.325 e. The van der Waals surface area contributed by atoms with Crippen LogP contribution in [0, 0.1) is 5.82 Å². The Balaban J connectivity index is 2.07. The highest BCUT2D eigenvalue weighted by molar-refractivity contribution is 6.30. The van der Waals surface area contributed by atoms with Crippen molar-refractivity contribution < 1.29 is 23.5 Å². The van der Waals surface area contributed by atoms with Crippen LogP contribution >= 0.6 is 11.6 Å². The summed E-state index contributed by atoms with van der Waals surface area (Å²) in [7, 11) is 2.71. The molecule has 1 aromatic rings. The number of methoxy groups -OCH3 is 1. The molecule has 2 rings (SSSR count). The first kappa shape index (κ1) is 20.1. The lowest BCUT2D eigenvalue weighted by Crippen LogP contribution is -2.56. The average molecular weight is 386 g/mol. The Hall–Kier alpha value is -2.19. The first-order valence-corrected chi connectivity index (χ1v) is 8.46. The van der Waals surface area contributed by atoms with Gasteiger partial charge < -0.3 is 15.0 Å². The molecule has 0 spiro atoms. The zero-order valence-electron chi connectivity index (χ0n) is 14.6. The van der Waals surface area contributed by atoms with Gasteiger partial charge in [-0.15, -0.1) is 0 Å². The molecule has 142 valence electrons. The number of amides is 2. The summed E-state index contributed by atoms with van der Waals surface area (Å²) in [5, 5.41) is 2.76. The number of nitrogens with one attached hydrogen (secondary N) is 1. The van der Waals surface area contributed by atoms with E-state index in [-0.39, 0.29) is 29.8 Å². The number of halogens is 2. The normalized spacial score (nSPS) is 17.5. The zero-order valence-corrected chi connectivity index (χ0v) is 15.4. The number of likely N-dealkylation sites (N-methyl/N-ethyl adjacent to an activating group) is 1. The third-order valence-corrected chi connectivity index (χ3v) is 4.51. The Morgan fingerprint density at radius 3 is 2.85 bits per heavy atom. The minimum absolute atomic E-state index is 0.0290. The van der Waals surface area contributed by atoms with Crippen molar-refractivity contribution in [3.05, 3.63) is 34.6 Å². The third-order valence-electron chi connectivity index (χ3n) is 4.20. The second kappa shape index (κ2) is 8.95. The van der Waals surface area contributed by atoms with Gasteiger partial charge in [0, 0.05) is 26.7 Å². The van der Waals surface area contributed by atoms with Gasteiger partial charge in [0.05, 0.1) is 24.6 Å². The fourth-order valence-corrected chi connectivity index (χ4v) is 2.83. The Morgan fingerprint density at radius 2 is 2.19 bits per heavy atom. The number of benzene rings is 1. The lowest BCUT2D eigenvalue weighted by Gasteiger charge is -2.35. The van der Waals surface area contributed by atoms with Crippen molar-refractivity contribution in [1.82, 2.24) is 15.1 Å². The highest BCUT2D eigenvalue weighted by Crippen LogP contribution is 2.19. The number of ether oxygens (including phenoxy) is 1. The van der Waals surface area contributed by atoms with E-state index in [9.17, 15) is 18.8 Å². The van der Waals surface area contributed by atoms with E-state index in [1.165, 1.54) is 31.2 Å². The minimum Gasteiger partial charge on any atom is -0.468 e. The van der Waals surface area contributed by atoms with Crippen LogP contribution in [-0.4, -0.2) is 67.4 Å². The summed E-state index contributed by atoms with van der Waals surface area (Å²) in [6, 6.07) is 3.76. The summed E-state index contributed by atoms with van der Waals surface area (Å²) in [5.74, 6) is -1.70. The van der Waals surface area contributed by atoms with Crippen molar-refractivity contribution in [2.75, 3.05) is 33.8 Å². The van der Waals surface area contributed by atoms with Gasteiger partial charge in [-0.05, 0) is 17.7 Å². The van der Waals surface area contributed by atoms with Crippen molar-refractivity contribution in [1.29, 1.82) is 0 Å². The topological polar surface area (TPSA) is 78.9 Å². The van der Waals surface area contributed by atoms with Gasteiger partial charge >= 0.3 is 5.97 Å². The Kier molecular flexibility index (Phi) is 6.93. The number of rotatable bonds is 6. The maximum atomic E-state index is 13.6. The standard InChI is InChI=1S/C17H21ClFN3O4/c1-21(10-16(24)26-2)15(23)8-14-17(25)20-5-6-22(14)9-11-3-4-12(18)13(19)7-11/h3-4,7,14H,5-6,8-10H2,1-2H3,(H,20,25). The molecule has 1 aromatic carbocycles. The van der Waals surface area contributed by atoms with E-state index in [1.807, 2.05) is 4.90 Å². The van der Waals surface area contributed by atoms with E-state index in [0.717, 1.165) is 0 Å². The molecule has 2 amide bonds. The number of esters is 1. The number of nitrogens with zero attached hydrogens (tertiary/aromatic N) is 2. The second-order valence-corrected chi connectivity index (χ2v) is 6.46. The van der Waals surface area contributed by atoms with Crippen molar-refractivity contribution in [3.8, 4) is 0 Å². The summed E-state index contributed by atoms with van der Waals surface area (Å²) >= 11 is 5.69. The van der Waals surface area contributed by atoms with Crippen LogP contribution in [0.1, 0.15) is 12.0 Å². The SMILES string of the molecule is COC(=O)CN(C)C(=O)CC1C(=O)NCCN1Cc1ccc(Cl)c(F)c1. The molecular formula is C17H21ClFN3O4. The van der Waals surface area contributed by atoms with Crippen molar-refractivity contribution >= 4 is 29.4 Å². The molecule has 1 atom stereocenters. The van der Waals surface area contributed by atoms with Gasteiger partial charge in [0.2, 0.25) is 11.8 Å². The Labute approximate surface area is 156 Å². The largest absolute Gasteiger partial charge is 0.468 e. The molecule has 0 aromatic heterocycles. The number of carbonyl (C=O) groups is 3. The minimum atomic E-state index is -0.699. The summed E-state index contributed by atoms with van der Waals surface area (Å²) in [6.07, 6.45) is -0.0879. The van der Waals surface area contributed by atoms with Gasteiger partial charge in [-0.25, -0.2) is 4.39 Å². The van der Waals surface area contributed by atoms with E-state index < -0.39 is 17.8 Å². The van der Waals surface area contributed by atoms with Crippen LogP contribution in [0.15, 0.2) is 18.2 Å². The van der Waals surface area contributed by atoms with Crippen LogP contribution in [0.5, 0.6) is 0 Å². The van der Waals surface area contributed by atoms with Crippen LogP contribution in [-0.2, 0) is 25.7 Å². The maximum Gasteiger partial charge on any atom is 0.325 e. The van der Waals surface area contributed by atoms with E-state index in [2.05, 4.69) is 10.1 Å². The van der Waals surface area contributed by atoms with E-state index in [4.69, 9.17) is 11.6 Å². The maximum absolute atomic E-state index is 13.6. The van der Waals surface area contributed by atoms with Gasteiger partial charge in [-0.1, -0.05) is 17.7 Å². The molecule has 1 aliphatic rings. The third kappa shape index (κ3) is 5.15. The fraction of sp³-hybridized carbons (Fsp3) is 0.471. The number of hydrogen-bond donors (Lipinski definition) is 1. The molecule has 1 aliphatic heterocycles. The molecule has 1 unspecified atom stereocenters. The lowest BCUT2D eigenvalue weighted by molar-refractivity contribution is -0.147. The second-order valence-electron chi connectivity index (χ2n) is 6.06. The molecule has 9 heteroatoms. The molecule has 1 fully saturated rings. The van der Waals surface area contributed by atoms with Crippen LogP contribution in [0.25, 0.3) is 0 Å². The summed E-state index contributed by atoms with van der Waals surface area (Å²) in [6.45, 7) is 1.08. The molecular weight excluding hydrogens is 365 g/mol. The highest BCUT2D eigenvalue weighted by atomic mass is 35.5. The summed E-state index contributed by atoms with van der Waals surface area (Å²) in [5.41, 5.74) is 0.655. The van der Waals surface area contributed by atoms with Crippen LogP contribution in [0.3, 0.4) is 0 Å². The Bertz CT molecular complexity index is 701. The molecule has 1 heterocycles. The Morgan fingerprint density at radius 1 is 1.46 bits per heavy atom. The predicted molar refractivity (Wildman–Crippen MR) is 92.9 cm³/mol. The fourth-order valence-electron chi connectivity index (χ4n) is 2.71. The number of piperazine rings is 1. The highest BCUT2D eigenvalue weighted by Gasteiger charge is 2.32. The molecule has 0 aliphatic carbocycles. The van der Waals surface area contributed by atoms with E-state index in [1.54, 1.807) is 6.07 Å².